The van der Waals surface area contributed by atoms with Crippen LogP contribution in [0, 0.1) is 12.7 Å². The van der Waals surface area contributed by atoms with E-state index in [-0.39, 0.29) is 22.6 Å². The van der Waals surface area contributed by atoms with Crippen molar-refractivity contribution in [1.82, 2.24) is 10.2 Å². The Morgan fingerprint density at radius 3 is 2.42 bits per heavy atom. The summed E-state index contributed by atoms with van der Waals surface area (Å²) < 4.78 is 13.0. The van der Waals surface area contributed by atoms with E-state index >= 15 is 0 Å². The Balaban J connectivity index is 0.000000189. The van der Waals surface area contributed by atoms with Gasteiger partial charge in [-0.3, -0.25) is 9.69 Å². The van der Waals surface area contributed by atoms with Crippen molar-refractivity contribution in [2.24, 2.45) is 0 Å². The van der Waals surface area contributed by atoms with E-state index < -0.39 is 17.8 Å². The summed E-state index contributed by atoms with van der Waals surface area (Å²) in [5, 5.41) is 20.7. The second-order valence-electron chi connectivity index (χ2n) is 9.95. The molecule has 2 aromatic rings. The SMILES string of the molecule is CC1(N2CCC(N3C(=O)Cc4ccccc43)CC2)CCNC1.Cc1c(F)cc(C(=O)O)cc1C(=O)O. The molecule has 8 nitrogen and oxygen atoms in total. The van der Waals surface area contributed by atoms with Crippen molar-refractivity contribution in [1.29, 1.82) is 0 Å². The molecule has 3 heterocycles. The molecule has 0 saturated carbocycles. The molecule has 0 aliphatic carbocycles. The number of likely N-dealkylation sites (tertiary alicyclic amines) is 1. The maximum atomic E-state index is 13.0. The van der Waals surface area contributed by atoms with Crippen molar-refractivity contribution in [3.8, 4) is 0 Å². The van der Waals surface area contributed by atoms with E-state index in [9.17, 15) is 18.8 Å². The molecular formula is C27H32FN3O5. The number of amides is 1. The van der Waals surface area contributed by atoms with Gasteiger partial charge in [0.2, 0.25) is 5.91 Å². The van der Waals surface area contributed by atoms with Gasteiger partial charge in [-0.2, -0.15) is 0 Å². The predicted octanol–water partition coefficient (Wildman–Crippen LogP) is 3.32. The van der Waals surface area contributed by atoms with Crippen molar-refractivity contribution in [2.75, 3.05) is 31.1 Å². The van der Waals surface area contributed by atoms with Crippen LogP contribution in [0.4, 0.5) is 10.1 Å². The lowest BCUT2D eigenvalue weighted by Gasteiger charge is -2.44. The highest BCUT2D eigenvalue weighted by atomic mass is 19.1. The normalized spacial score (nSPS) is 22.2. The molecule has 2 aromatic carbocycles. The van der Waals surface area contributed by atoms with E-state index in [0.717, 1.165) is 56.8 Å². The largest absolute Gasteiger partial charge is 0.478 e. The number of para-hydroxylation sites is 1. The number of piperidine rings is 1. The summed E-state index contributed by atoms with van der Waals surface area (Å²) in [5.41, 5.74) is 1.90. The zero-order valence-corrected chi connectivity index (χ0v) is 20.6. The molecule has 2 saturated heterocycles. The number of carboxylic acids is 2. The van der Waals surface area contributed by atoms with Crippen LogP contribution in [-0.2, 0) is 11.2 Å². The monoisotopic (exact) mass is 497 g/mol. The molecular weight excluding hydrogens is 465 g/mol. The summed E-state index contributed by atoms with van der Waals surface area (Å²) in [5.74, 6) is -3.24. The molecule has 0 spiro atoms. The van der Waals surface area contributed by atoms with Crippen molar-refractivity contribution >= 4 is 23.5 Å². The fraction of sp³-hybridized carbons (Fsp3) is 0.444. The van der Waals surface area contributed by atoms with Gasteiger partial charge < -0.3 is 20.4 Å². The van der Waals surface area contributed by atoms with Crippen LogP contribution in [0.25, 0.3) is 0 Å². The maximum absolute atomic E-state index is 13.0. The lowest BCUT2D eigenvalue weighted by Crippen LogP contribution is -2.54. The molecule has 192 valence electrons. The maximum Gasteiger partial charge on any atom is 0.336 e. The molecule has 1 atom stereocenters. The first kappa shape index (κ1) is 25.8. The zero-order valence-electron chi connectivity index (χ0n) is 20.6. The number of anilines is 1. The van der Waals surface area contributed by atoms with E-state index in [0.29, 0.717) is 18.0 Å². The number of aromatic carboxylic acids is 2. The number of halogens is 1. The fourth-order valence-corrected chi connectivity index (χ4v) is 5.44. The van der Waals surface area contributed by atoms with Crippen LogP contribution in [0.5, 0.6) is 0 Å². The number of carboxylic acid groups (broad SMARTS) is 2. The Hall–Kier alpha value is -3.30. The highest BCUT2D eigenvalue weighted by molar-refractivity contribution is 6.01. The number of nitrogens with zero attached hydrogens (tertiary/aromatic N) is 2. The Morgan fingerprint density at radius 2 is 1.81 bits per heavy atom. The number of carbonyl (C=O) groups excluding carboxylic acids is 1. The van der Waals surface area contributed by atoms with Gasteiger partial charge in [0, 0.05) is 36.9 Å². The third-order valence-electron chi connectivity index (χ3n) is 7.62. The van der Waals surface area contributed by atoms with Gasteiger partial charge in [-0.15, -0.1) is 0 Å². The molecule has 1 unspecified atom stereocenters. The van der Waals surface area contributed by atoms with Gasteiger partial charge in [-0.05, 0) is 69.0 Å². The number of hydrogen-bond donors (Lipinski definition) is 3. The summed E-state index contributed by atoms with van der Waals surface area (Å²) in [6, 6.07) is 10.4. The van der Waals surface area contributed by atoms with Crippen molar-refractivity contribution in [2.45, 2.75) is 51.1 Å². The minimum absolute atomic E-state index is 0.0671. The third kappa shape index (κ3) is 5.12. The molecule has 9 heteroatoms. The van der Waals surface area contributed by atoms with Crippen LogP contribution in [-0.4, -0.2) is 70.7 Å². The van der Waals surface area contributed by atoms with E-state index in [2.05, 4.69) is 34.2 Å². The number of hydrogen-bond acceptors (Lipinski definition) is 5. The van der Waals surface area contributed by atoms with E-state index in [4.69, 9.17) is 10.2 Å². The van der Waals surface area contributed by atoms with Gasteiger partial charge in [0.25, 0.3) is 0 Å². The van der Waals surface area contributed by atoms with Crippen LogP contribution < -0.4 is 10.2 Å². The van der Waals surface area contributed by atoms with Crippen LogP contribution in [0.2, 0.25) is 0 Å². The Bertz CT molecular complexity index is 1170. The third-order valence-corrected chi connectivity index (χ3v) is 7.62. The summed E-state index contributed by atoms with van der Waals surface area (Å²) >= 11 is 0. The van der Waals surface area contributed by atoms with Gasteiger partial charge in [-0.1, -0.05) is 18.2 Å². The topological polar surface area (TPSA) is 110 Å². The summed E-state index contributed by atoms with van der Waals surface area (Å²) in [4.78, 5) is 38.2. The average molecular weight is 498 g/mol. The van der Waals surface area contributed by atoms with Crippen LogP contribution in [0.15, 0.2) is 36.4 Å². The Morgan fingerprint density at radius 1 is 1.11 bits per heavy atom. The zero-order chi connectivity index (χ0) is 26.0. The highest BCUT2D eigenvalue weighted by Gasteiger charge is 2.40. The minimum Gasteiger partial charge on any atom is -0.478 e. The molecule has 3 aliphatic rings. The first-order valence-electron chi connectivity index (χ1n) is 12.2. The molecule has 0 bridgehead atoms. The first-order chi connectivity index (χ1) is 17.1. The second kappa shape index (κ2) is 10.4. The number of fused-ring (bicyclic) bond motifs is 1. The van der Waals surface area contributed by atoms with Crippen molar-refractivity contribution in [3.63, 3.8) is 0 Å². The van der Waals surface area contributed by atoms with Crippen LogP contribution in [0.1, 0.15) is 58.0 Å². The number of benzene rings is 2. The van der Waals surface area contributed by atoms with Crippen LogP contribution in [0.3, 0.4) is 0 Å². The van der Waals surface area contributed by atoms with E-state index in [1.165, 1.54) is 18.9 Å². The second-order valence-corrected chi connectivity index (χ2v) is 9.95. The van der Waals surface area contributed by atoms with Gasteiger partial charge in [-0.25, -0.2) is 14.0 Å². The predicted molar refractivity (Wildman–Crippen MR) is 133 cm³/mol. The smallest absolute Gasteiger partial charge is 0.336 e. The quantitative estimate of drug-likeness (QED) is 0.594. The number of carbonyl (C=O) groups is 3. The lowest BCUT2D eigenvalue weighted by atomic mass is 9.93. The first-order valence-corrected chi connectivity index (χ1v) is 12.2. The van der Waals surface area contributed by atoms with Gasteiger partial charge in [0.15, 0.2) is 0 Å². The summed E-state index contributed by atoms with van der Waals surface area (Å²) in [6.45, 7) is 8.11. The average Bonchev–Trinajstić information content (AvgIpc) is 3.44. The molecule has 3 N–H and O–H groups in total. The molecule has 2 fully saturated rings. The minimum atomic E-state index is -1.36. The lowest BCUT2D eigenvalue weighted by molar-refractivity contribution is -0.118. The van der Waals surface area contributed by atoms with Crippen LogP contribution >= 0.6 is 0 Å². The van der Waals surface area contributed by atoms with Gasteiger partial charge in [0.05, 0.1) is 17.5 Å². The van der Waals surface area contributed by atoms with E-state index in [1.807, 2.05) is 12.1 Å². The summed E-state index contributed by atoms with van der Waals surface area (Å²) in [6.07, 6.45) is 4.01. The standard InChI is InChI=1S/C18H25N3O.C9H7FO4/c1-18(8-9-19-13-18)20-10-6-15(7-11-20)21-16-5-3-2-4-14(16)12-17(21)22;1-4-6(9(13)14)2-5(8(11)12)3-7(4)10/h2-5,15,19H,6-13H2,1H3;2-3H,1H3,(H,11,12)(H,13,14). The number of nitrogens with one attached hydrogen (secondary N) is 1. The summed E-state index contributed by atoms with van der Waals surface area (Å²) in [7, 11) is 0. The molecule has 36 heavy (non-hydrogen) atoms. The molecule has 5 rings (SSSR count). The Kier molecular flexibility index (Phi) is 7.42. The van der Waals surface area contributed by atoms with Crippen molar-refractivity contribution < 1.29 is 29.0 Å². The van der Waals surface area contributed by atoms with Gasteiger partial charge >= 0.3 is 11.9 Å². The van der Waals surface area contributed by atoms with Gasteiger partial charge in [0.1, 0.15) is 5.82 Å². The highest BCUT2D eigenvalue weighted by Crippen LogP contribution is 2.35. The van der Waals surface area contributed by atoms with E-state index in [1.54, 1.807) is 0 Å². The molecule has 1 amide bonds. The fourth-order valence-electron chi connectivity index (χ4n) is 5.44. The van der Waals surface area contributed by atoms with Crippen molar-refractivity contribution in [3.05, 3.63) is 64.5 Å². The molecule has 0 radical (unpaired) electrons. The number of rotatable bonds is 4. The molecule has 0 aromatic heterocycles. The Labute approximate surface area is 209 Å². The molecule has 3 aliphatic heterocycles.